The highest BCUT2D eigenvalue weighted by Gasteiger charge is 2.15. The number of phenols is 1. The minimum Gasteiger partial charge on any atom is -0.508 e. The fourth-order valence-electron chi connectivity index (χ4n) is 2.16. The smallest absolute Gasteiger partial charge is 0.251 e. The van der Waals surface area contributed by atoms with E-state index in [2.05, 4.69) is 10.6 Å². The molecule has 3 N–H and O–H groups in total. The number of hydrogen-bond donors (Lipinski definition) is 3. The first-order valence-corrected chi connectivity index (χ1v) is 7.95. The van der Waals surface area contributed by atoms with Gasteiger partial charge in [-0.2, -0.15) is 0 Å². The van der Waals surface area contributed by atoms with Crippen LogP contribution < -0.4 is 10.6 Å². The zero-order chi connectivity index (χ0) is 17.5. The van der Waals surface area contributed by atoms with Gasteiger partial charge in [-0.05, 0) is 48.9 Å². The lowest BCUT2D eigenvalue weighted by molar-refractivity contribution is -0.122. The number of amides is 2. The van der Waals surface area contributed by atoms with Crippen LogP contribution in [-0.4, -0.2) is 30.0 Å². The molecule has 1 atom stereocenters. The highest BCUT2D eigenvalue weighted by atomic mass is 35.5. The number of carbonyl (C=O) groups is 2. The predicted octanol–water partition coefficient (Wildman–Crippen LogP) is 2.70. The summed E-state index contributed by atoms with van der Waals surface area (Å²) >= 11 is 5.93. The molecule has 2 amide bonds. The number of nitrogens with one attached hydrogen (secondary N) is 2. The summed E-state index contributed by atoms with van der Waals surface area (Å²) in [6.45, 7) is 2.44. The van der Waals surface area contributed by atoms with Crippen LogP contribution in [0.2, 0.25) is 5.02 Å². The maximum atomic E-state index is 12.1. The number of aromatic hydroxyl groups is 1. The molecule has 0 aliphatic carbocycles. The topological polar surface area (TPSA) is 78.4 Å². The molecule has 0 radical (unpaired) electrons. The minimum atomic E-state index is -0.323. The molecule has 0 aromatic heterocycles. The van der Waals surface area contributed by atoms with Gasteiger partial charge in [0.05, 0.1) is 5.92 Å². The van der Waals surface area contributed by atoms with Crippen molar-refractivity contribution in [3.05, 3.63) is 64.7 Å². The molecule has 6 heteroatoms. The van der Waals surface area contributed by atoms with Crippen LogP contribution in [-0.2, 0) is 4.79 Å². The molecule has 0 saturated carbocycles. The summed E-state index contributed by atoms with van der Waals surface area (Å²) < 4.78 is 0. The first-order valence-electron chi connectivity index (χ1n) is 7.58. The average Bonchev–Trinajstić information content (AvgIpc) is 2.58. The minimum absolute atomic E-state index is 0.105. The molecule has 0 bridgehead atoms. The van der Waals surface area contributed by atoms with Crippen LogP contribution in [0.5, 0.6) is 5.75 Å². The van der Waals surface area contributed by atoms with Crippen molar-refractivity contribution in [3.63, 3.8) is 0 Å². The van der Waals surface area contributed by atoms with Gasteiger partial charge in [-0.3, -0.25) is 9.59 Å². The highest BCUT2D eigenvalue weighted by molar-refractivity contribution is 6.30. The second kappa shape index (κ2) is 8.36. The van der Waals surface area contributed by atoms with Gasteiger partial charge >= 0.3 is 0 Å². The first kappa shape index (κ1) is 17.8. The van der Waals surface area contributed by atoms with Gasteiger partial charge in [0.25, 0.3) is 5.91 Å². The van der Waals surface area contributed by atoms with Crippen LogP contribution in [0.1, 0.15) is 28.8 Å². The van der Waals surface area contributed by atoms with Crippen LogP contribution in [0.15, 0.2) is 48.5 Å². The number of rotatable bonds is 6. The van der Waals surface area contributed by atoms with E-state index in [-0.39, 0.29) is 23.5 Å². The molecular weight excluding hydrogens is 328 g/mol. The van der Waals surface area contributed by atoms with Crippen molar-refractivity contribution in [1.82, 2.24) is 10.6 Å². The van der Waals surface area contributed by atoms with Crippen LogP contribution in [0, 0.1) is 0 Å². The van der Waals surface area contributed by atoms with E-state index in [1.807, 2.05) is 6.07 Å². The molecule has 0 unspecified atom stereocenters. The lowest BCUT2D eigenvalue weighted by Gasteiger charge is -2.13. The Morgan fingerprint density at radius 3 is 2.42 bits per heavy atom. The molecule has 0 fully saturated rings. The van der Waals surface area contributed by atoms with Gasteiger partial charge in [-0.1, -0.05) is 23.7 Å². The predicted molar refractivity (Wildman–Crippen MR) is 93.3 cm³/mol. The molecule has 2 aromatic rings. The van der Waals surface area contributed by atoms with Gasteiger partial charge < -0.3 is 15.7 Å². The number of carbonyl (C=O) groups excluding carboxylic acids is 2. The van der Waals surface area contributed by atoms with Crippen molar-refractivity contribution in [2.75, 3.05) is 13.1 Å². The monoisotopic (exact) mass is 346 g/mol. The molecule has 5 nitrogen and oxygen atoms in total. The van der Waals surface area contributed by atoms with Gasteiger partial charge in [-0.25, -0.2) is 0 Å². The van der Waals surface area contributed by atoms with E-state index in [1.54, 1.807) is 25.1 Å². The molecule has 0 heterocycles. The average molecular weight is 347 g/mol. The van der Waals surface area contributed by atoms with Crippen molar-refractivity contribution in [2.45, 2.75) is 12.8 Å². The van der Waals surface area contributed by atoms with E-state index in [0.29, 0.717) is 23.7 Å². The maximum absolute atomic E-state index is 12.1. The Hall–Kier alpha value is -2.53. The van der Waals surface area contributed by atoms with E-state index in [0.717, 1.165) is 5.56 Å². The van der Waals surface area contributed by atoms with Crippen LogP contribution in [0.4, 0.5) is 0 Å². The summed E-state index contributed by atoms with van der Waals surface area (Å²) in [5.74, 6) is -0.603. The van der Waals surface area contributed by atoms with E-state index in [1.165, 1.54) is 24.3 Å². The van der Waals surface area contributed by atoms with E-state index in [4.69, 9.17) is 11.6 Å². The Morgan fingerprint density at radius 2 is 1.75 bits per heavy atom. The van der Waals surface area contributed by atoms with Crippen molar-refractivity contribution >= 4 is 23.4 Å². The van der Waals surface area contributed by atoms with Crippen molar-refractivity contribution in [2.24, 2.45) is 0 Å². The van der Waals surface area contributed by atoms with Gasteiger partial charge in [0.2, 0.25) is 5.91 Å². The molecule has 0 spiro atoms. The molecular formula is C18H19ClN2O3. The zero-order valence-electron chi connectivity index (χ0n) is 13.3. The van der Waals surface area contributed by atoms with Crippen molar-refractivity contribution < 1.29 is 14.7 Å². The number of hydrogen-bond acceptors (Lipinski definition) is 3. The number of phenolic OH excluding ortho intramolecular Hbond substituents is 1. The third kappa shape index (κ3) is 4.99. The van der Waals surface area contributed by atoms with Gasteiger partial charge in [-0.15, -0.1) is 0 Å². The Bertz CT molecular complexity index is 716. The second-order valence-corrected chi connectivity index (χ2v) is 5.81. The summed E-state index contributed by atoms with van der Waals surface area (Å²) in [6, 6.07) is 13.1. The summed E-state index contributed by atoms with van der Waals surface area (Å²) in [6.07, 6.45) is 0. The summed E-state index contributed by atoms with van der Waals surface area (Å²) in [4.78, 5) is 24.0. The Morgan fingerprint density at radius 1 is 1.08 bits per heavy atom. The Balaban J connectivity index is 1.76. The molecule has 2 aromatic carbocycles. The largest absolute Gasteiger partial charge is 0.508 e. The second-order valence-electron chi connectivity index (χ2n) is 5.37. The summed E-state index contributed by atoms with van der Waals surface area (Å²) in [5, 5.41) is 15.3. The quantitative estimate of drug-likeness (QED) is 0.704. The molecule has 126 valence electrons. The normalized spacial score (nSPS) is 11.6. The zero-order valence-corrected chi connectivity index (χ0v) is 14.0. The maximum Gasteiger partial charge on any atom is 0.251 e. The third-order valence-corrected chi connectivity index (χ3v) is 3.82. The van der Waals surface area contributed by atoms with Gasteiger partial charge in [0, 0.05) is 23.7 Å². The lowest BCUT2D eigenvalue weighted by atomic mass is 10.0. The lowest BCUT2D eigenvalue weighted by Crippen LogP contribution is -2.36. The Labute approximate surface area is 145 Å². The van der Waals surface area contributed by atoms with Gasteiger partial charge in [0.1, 0.15) is 5.75 Å². The molecule has 24 heavy (non-hydrogen) atoms. The van der Waals surface area contributed by atoms with Crippen molar-refractivity contribution in [3.8, 4) is 5.75 Å². The Kier molecular flexibility index (Phi) is 6.21. The van der Waals surface area contributed by atoms with Crippen LogP contribution in [0.25, 0.3) is 0 Å². The van der Waals surface area contributed by atoms with Crippen molar-refractivity contribution in [1.29, 1.82) is 0 Å². The van der Waals surface area contributed by atoms with E-state index < -0.39 is 0 Å². The SMILES string of the molecule is C[C@@H](C(=O)NCCNC(=O)c1ccc(O)cc1)c1cccc(Cl)c1. The standard InChI is InChI=1S/C18H19ClN2O3/c1-12(14-3-2-4-15(19)11-14)17(23)20-9-10-21-18(24)13-5-7-16(22)8-6-13/h2-8,11-12,22H,9-10H2,1H3,(H,20,23)(H,21,24)/t12-/m1/s1. The third-order valence-electron chi connectivity index (χ3n) is 3.58. The van der Waals surface area contributed by atoms with E-state index in [9.17, 15) is 14.7 Å². The van der Waals surface area contributed by atoms with Gasteiger partial charge in [0.15, 0.2) is 0 Å². The number of benzene rings is 2. The van der Waals surface area contributed by atoms with E-state index >= 15 is 0 Å². The fourth-order valence-corrected chi connectivity index (χ4v) is 2.36. The molecule has 2 rings (SSSR count). The van der Waals surface area contributed by atoms with Crippen LogP contribution in [0.3, 0.4) is 0 Å². The molecule has 0 aliphatic heterocycles. The molecule has 0 aliphatic rings. The molecule has 0 saturated heterocycles. The highest BCUT2D eigenvalue weighted by Crippen LogP contribution is 2.19. The van der Waals surface area contributed by atoms with Crippen LogP contribution >= 0.6 is 11.6 Å². The summed E-state index contributed by atoms with van der Waals surface area (Å²) in [7, 11) is 0. The number of halogens is 1. The fraction of sp³-hybridized carbons (Fsp3) is 0.222. The first-order chi connectivity index (χ1) is 11.5. The summed E-state index contributed by atoms with van der Waals surface area (Å²) in [5.41, 5.74) is 1.29.